The normalized spacial score (nSPS) is 15.5. The third-order valence-electron chi connectivity index (χ3n) is 4.58. The zero-order chi connectivity index (χ0) is 19.2. The van der Waals surface area contributed by atoms with Crippen LogP contribution < -0.4 is 20.5 Å². The number of benzene rings is 1. The third-order valence-corrected chi connectivity index (χ3v) is 4.58. The molecule has 2 aromatic rings. The minimum absolute atomic E-state index is 0.170. The minimum Gasteiger partial charge on any atom is -0.493 e. The quantitative estimate of drug-likeness (QED) is 0.657. The molecular formula is C18H26N6O3. The van der Waals surface area contributed by atoms with Crippen molar-refractivity contribution >= 4 is 11.9 Å². The lowest BCUT2D eigenvalue weighted by Gasteiger charge is -2.29. The fourth-order valence-corrected chi connectivity index (χ4v) is 3.01. The molecule has 1 saturated heterocycles. The zero-order valence-electron chi connectivity index (χ0n) is 15.7. The Bertz CT molecular complexity index is 770. The fraction of sp³-hybridized carbons (Fsp3) is 0.500. The molecule has 0 atom stereocenters. The van der Waals surface area contributed by atoms with E-state index in [1.807, 2.05) is 0 Å². The van der Waals surface area contributed by atoms with Gasteiger partial charge in [0.1, 0.15) is 11.9 Å². The Kier molecular flexibility index (Phi) is 6.12. The van der Waals surface area contributed by atoms with E-state index in [0.29, 0.717) is 35.9 Å². The number of anilines is 1. The standard InChI is InChI=1S/C18H26N6O3/c1-24-9-6-13(7-10-24)27-14-4-3-12(11-15(14)26-2)17(25)20-8-5-16-21-18(19)23-22-16/h3-4,11,13H,5-10H2,1-2H3,(H,20,25)(H3,19,21,22,23). The highest BCUT2D eigenvalue weighted by Gasteiger charge is 2.20. The van der Waals surface area contributed by atoms with Crippen LogP contribution in [0, 0.1) is 0 Å². The number of rotatable bonds is 7. The Hall–Kier alpha value is -2.81. The first-order valence-electron chi connectivity index (χ1n) is 9.03. The molecule has 4 N–H and O–H groups in total. The SMILES string of the molecule is COc1cc(C(=O)NCCc2nc(N)n[nH]2)ccc1OC1CCN(C)CC1. The molecule has 9 heteroatoms. The van der Waals surface area contributed by atoms with E-state index < -0.39 is 0 Å². The van der Waals surface area contributed by atoms with Crippen LogP contribution in [-0.4, -0.2) is 65.9 Å². The van der Waals surface area contributed by atoms with E-state index in [0.717, 1.165) is 25.9 Å². The van der Waals surface area contributed by atoms with Crippen LogP contribution in [0.5, 0.6) is 11.5 Å². The molecule has 0 aliphatic carbocycles. The lowest BCUT2D eigenvalue weighted by atomic mass is 10.1. The third kappa shape index (κ3) is 5.10. The van der Waals surface area contributed by atoms with Crippen molar-refractivity contribution in [1.82, 2.24) is 25.4 Å². The molecule has 1 fully saturated rings. The average Bonchev–Trinajstić information content (AvgIpc) is 3.09. The number of hydrogen-bond acceptors (Lipinski definition) is 7. The van der Waals surface area contributed by atoms with E-state index in [1.165, 1.54) is 0 Å². The molecule has 27 heavy (non-hydrogen) atoms. The van der Waals surface area contributed by atoms with Crippen LogP contribution in [0.2, 0.25) is 0 Å². The van der Waals surface area contributed by atoms with Gasteiger partial charge in [0.25, 0.3) is 5.91 Å². The lowest BCUT2D eigenvalue weighted by Crippen LogP contribution is -2.35. The maximum Gasteiger partial charge on any atom is 0.251 e. The number of hydrogen-bond donors (Lipinski definition) is 3. The molecule has 9 nitrogen and oxygen atoms in total. The lowest BCUT2D eigenvalue weighted by molar-refractivity contribution is 0.0953. The molecule has 0 bridgehead atoms. The minimum atomic E-state index is -0.188. The fourth-order valence-electron chi connectivity index (χ4n) is 3.01. The number of nitrogen functional groups attached to an aromatic ring is 1. The first kappa shape index (κ1) is 19.0. The summed E-state index contributed by atoms with van der Waals surface area (Å²) in [4.78, 5) is 18.7. The summed E-state index contributed by atoms with van der Waals surface area (Å²) >= 11 is 0. The number of carbonyl (C=O) groups excluding carboxylic acids is 1. The Balaban J connectivity index is 1.56. The topological polar surface area (TPSA) is 118 Å². The van der Waals surface area contributed by atoms with E-state index >= 15 is 0 Å². The van der Waals surface area contributed by atoms with Crippen molar-refractivity contribution < 1.29 is 14.3 Å². The van der Waals surface area contributed by atoms with Crippen LogP contribution in [0.1, 0.15) is 29.0 Å². The summed E-state index contributed by atoms with van der Waals surface area (Å²) in [6.07, 6.45) is 2.65. The number of likely N-dealkylation sites (tertiary alicyclic amines) is 1. The molecule has 1 aliphatic heterocycles. The monoisotopic (exact) mass is 374 g/mol. The highest BCUT2D eigenvalue weighted by Crippen LogP contribution is 2.30. The number of aromatic amines is 1. The van der Waals surface area contributed by atoms with Gasteiger partial charge in [-0.2, -0.15) is 4.98 Å². The molecule has 0 saturated carbocycles. The first-order valence-corrected chi connectivity index (χ1v) is 9.03. The van der Waals surface area contributed by atoms with Crippen LogP contribution in [0.3, 0.4) is 0 Å². The van der Waals surface area contributed by atoms with Gasteiger partial charge >= 0.3 is 0 Å². The molecule has 0 spiro atoms. The molecular weight excluding hydrogens is 348 g/mol. The van der Waals surface area contributed by atoms with Crippen LogP contribution in [0.15, 0.2) is 18.2 Å². The van der Waals surface area contributed by atoms with Crippen LogP contribution in [0.4, 0.5) is 5.95 Å². The number of aromatic nitrogens is 3. The number of piperidine rings is 1. The Morgan fingerprint density at radius 3 is 2.81 bits per heavy atom. The molecule has 146 valence electrons. The highest BCUT2D eigenvalue weighted by molar-refractivity contribution is 5.94. The van der Waals surface area contributed by atoms with Crippen molar-refractivity contribution in [3.05, 3.63) is 29.6 Å². The van der Waals surface area contributed by atoms with Gasteiger partial charge in [0.2, 0.25) is 5.95 Å². The van der Waals surface area contributed by atoms with Crippen molar-refractivity contribution in [2.45, 2.75) is 25.4 Å². The maximum absolute atomic E-state index is 12.4. The van der Waals surface area contributed by atoms with Gasteiger partial charge < -0.3 is 25.4 Å². The number of methoxy groups -OCH3 is 1. The first-order chi connectivity index (χ1) is 13.0. The van der Waals surface area contributed by atoms with Crippen molar-refractivity contribution in [3.63, 3.8) is 0 Å². The molecule has 1 aromatic carbocycles. The van der Waals surface area contributed by atoms with Gasteiger partial charge in [0.15, 0.2) is 11.5 Å². The van der Waals surface area contributed by atoms with Crippen LogP contribution in [0.25, 0.3) is 0 Å². The Morgan fingerprint density at radius 2 is 2.15 bits per heavy atom. The van der Waals surface area contributed by atoms with E-state index in [1.54, 1.807) is 25.3 Å². The summed E-state index contributed by atoms with van der Waals surface area (Å²) < 4.78 is 11.5. The molecule has 2 heterocycles. The molecule has 1 aliphatic rings. The van der Waals surface area contributed by atoms with E-state index in [4.69, 9.17) is 15.2 Å². The van der Waals surface area contributed by atoms with E-state index in [2.05, 4.69) is 32.4 Å². The van der Waals surface area contributed by atoms with Gasteiger partial charge in [-0.15, -0.1) is 5.10 Å². The number of nitrogens with zero attached hydrogens (tertiary/aromatic N) is 3. The largest absolute Gasteiger partial charge is 0.493 e. The van der Waals surface area contributed by atoms with Crippen molar-refractivity contribution in [1.29, 1.82) is 0 Å². The second-order valence-corrected chi connectivity index (χ2v) is 6.63. The van der Waals surface area contributed by atoms with Gasteiger partial charge in [-0.05, 0) is 38.1 Å². The number of H-pyrrole nitrogens is 1. The van der Waals surface area contributed by atoms with Crippen LogP contribution >= 0.6 is 0 Å². The Labute approximate surface area is 158 Å². The average molecular weight is 374 g/mol. The Morgan fingerprint density at radius 1 is 1.37 bits per heavy atom. The van der Waals surface area contributed by atoms with Gasteiger partial charge in [-0.1, -0.05) is 0 Å². The summed E-state index contributed by atoms with van der Waals surface area (Å²) in [7, 11) is 3.69. The van der Waals surface area contributed by atoms with E-state index in [-0.39, 0.29) is 18.0 Å². The van der Waals surface area contributed by atoms with Crippen molar-refractivity contribution in [2.24, 2.45) is 0 Å². The van der Waals surface area contributed by atoms with Gasteiger partial charge in [-0.3, -0.25) is 9.89 Å². The van der Waals surface area contributed by atoms with Gasteiger partial charge in [-0.25, -0.2) is 0 Å². The highest BCUT2D eigenvalue weighted by atomic mass is 16.5. The van der Waals surface area contributed by atoms with E-state index in [9.17, 15) is 4.79 Å². The number of carbonyl (C=O) groups is 1. The molecule has 0 radical (unpaired) electrons. The predicted octanol–water partition coefficient (Wildman–Crippen LogP) is 0.841. The second-order valence-electron chi connectivity index (χ2n) is 6.63. The predicted molar refractivity (Wildman–Crippen MR) is 101 cm³/mol. The van der Waals surface area contributed by atoms with Crippen LogP contribution in [-0.2, 0) is 6.42 Å². The number of nitrogens with one attached hydrogen (secondary N) is 2. The van der Waals surface area contributed by atoms with Crippen molar-refractivity contribution in [2.75, 3.05) is 39.5 Å². The summed E-state index contributed by atoms with van der Waals surface area (Å²) in [6.45, 7) is 2.46. The molecule has 3 rings (SSSR count). The maximum atomic E-state index is 12.4. The number of ether oxygens (including phenoxy) is 2. The molecule has 1 aromatic heterocycles. The molecule has 0 unspecified atom stereocenters. The second kappa shape index (κ2) is 8.72. The number of nitrogens with two attached hydrogens (primary N) is 1. The summed E-state index contributed by atoms with van der Waals surface area (Å²) in [5, 5.41) is 9.31. The summed E-state index contributed by atoms with van der Waals surface area (Å²) in [5.74, 6) is 1.87. The van der Waals surface area contributed by atoms with Gasteiger partial charge in [0, 0.05) is 31.6 Å². The molecule has 1 amide bonds. The summed E-state index contributed by atoms with van der Waals surface area (Å²) in [5.41, 5.74) is 5.97. The smallest absolute Gasteiger partial charge is 0.251 e. The zero-order valence-corrected chi connectivity index (χ0v) is 15.7. The van der Waals surface area contributed by atoms with Gasteiger partial charge in [0.05, 0.1) is 7.11 Å². The summed E-state index contributed by atoms with van der Waals surface area (Å²) in [6, 6.07) is 5.24. The van der Waals surface area contributed by atoms with Crippen molar-refractivity contribution in [3.8, 4) is 11.5 Å². The number of amides is 1.